The molecule has 0 fully saturated rings. The van der Waals surface area contributed by atoms with E-state index in [1.807, 2.05) is 0 Å². The Morgan fingerprint density at radius 1 is 1.19 bits per heavy atom. The molecule has 1 aromatic carbocycles. The van der Waals surface area contributed by atoms with E-state index in [2.05, 4.69) is 6.58 Å². The van der Waals surface area contributed by atoms with Crippen LogP contribution < -0.4 is 5.43 Å². The monoisotopic (exact) mass is 348 g/mol. The SMILES string of the molecule is C=C/C=C(\C(=C/C)C(=O)O)c1c2ccc(=O)cc-2oc2cc(O)ccc12. The summed E-state index contributed by atoms with van der Waals surface area (Å²) in [6, 6.07) is 8.92. The number of hydrogen-bond donors (Lipinski definition) is 2. The number of allylic oxidation sites excluding steroid dienone is 3. The van der Waals surface area contributed by atoms with Gasteiger partial charge in [-0.15, -0.1) is 0 Å². The minimum Gasteiger partial charge on any atom is -0.508 e. The fourth-order valence-electron chi connectivity index (χ4n) is 2.97. The summed E-state index contributed by atoms with van der Waals surface area (Å²) in [5.41, 5.74) is 1.83. The standard InChI is InChI=1S/C21H16O5/c1-3-5-15(14(4-2)21(24)25)20-16-8-6-12(22)10-18(16)26-19-11-13(23)7-9-17(19)20/h3-11,22H,1H2,2H3,(H,24,25)/b14-4+,15-5+. The normalized spacial score (nSPS) is 12.5. The summed E-state index contributed by atoms with van der Waals surface area (Å²) in [5.74, 6) is -0.771. The Labute approximate surface area is 149 Å². The first-order valence-corrected chi connectivity index (χ1v) is 7.89. The molecule has 0 unspecified atom stereocenters. The quantitative estimate of drug-likeness (QED) is 0.419. The number of phenols is 1. The van der Waals surface area contributed by atoms with Gasteiger partial charge in [0.05, 0.1) is 5.57 Å². The van der Waals surface area contributed by atoms with Crippen molar-refractivity contribution in [2.45, 2.75) is 6.92 Å². The third-order valence-electron chi connectivity index (χ3n) is 4.04. The van der Waals surface area contributed by atoms with E-state index in [0.717, 1.165) is 0 Å². The molecule has 5 heteroatoms. The minimum absolute atomic E-state index is 0.00331. The molecule has 0 atom stereocenters. The van der Waals surface area contributed by atoms with Crippen LogP contribution in [-0.4, -0.2) is 16.2 Å². The number of benzene rings is 2. The first-order valence-electron chi connectivity index (χ1n) is 7.89. The highest BCUT2D eigenvalue weighted by Crippen LogP contribution is 2.40. The zero-order valence-corrected chi connectivity index (χ0v) is 14.0. The number of hydrogen-bond acceptors (Lipinski definition) is 4. The number of fused-ring (bicyclic) bond motifs is 2. The summed E-state index contributed by atoms with van der Waals surface area (Å²) in [4.78, 5) is 23.5. The molecule has 2 aliphatic rings. The van der Waals surface area contributed by atoms with Crippen molar-refractivity contribution < 1.29 is 19.4 Å². The molecule has 0 radical (unpaired) electrons. The lowest BCUT2D eigenvalue weighted by molar-refractivity contribution is -0.132. The molecule has 0 saturated carbocycles. The van der Waals surface area contributed by atoms with Gasteiger partial charge in [0.2, 0.25) is 0 Å². The third-order valence-corrected chi connectivity index (χ3v) is 4.04. The molecule has 1 aromatic rings. The van der Waals surface area contributed by atoms with Crippen LogP contribution in [0.4, 0.5) is 0 Å². The predicted molar refractivity (Wildman–Crippen MR) is 100 cm³/mol. The number of aromatic hydroxyl groups is 1. The second-order valence-corrected chi connectivity index (χ2v) is 5.64. The number of carbonyl (C=O) groups is 1. The number of phenolic OH excluding ortho intramolecular Hbond substituents is 1. The van der Waals surface area contributed by atoms with Gasteiger partial charge in [-0.1, -0.05) is 24.8 Å². The molecule has 0 aromatic heterocycles. The molecular weight excluding hydrogens is 332 g/mol. The maximum absolute atomic E-state index is 11.7. The zero-order chi connectivity index (χ0) is 18.8. The topological polar surface area (TPSA) is 87.7 Å². The molecule has 2 N–H and O–H groups in total. The first-order chi connectivity index (χ1) is 12.5. The Bertz CT molecular complexity index is 1110. The predicted octanol–water partition coefficient (Wildman–Crippen LogP) is 4.20. The van der Waals surface area contributed by atoms with Gasteiger partial charge in [0.25, 0.3) is 0 Å². The zero-order valence-electron chi connectivity index (χ0n) is 14.0. The van der Waals surface area contributed by atoms with Gasteiger partial charge in [-0.25, -0.2) is 4.79 Å². The molecular formula is C21H16O5. The van der Waals surface area contributed by atoms with Crippen molar-refractivity contribution >= 4 is 22.5 Å². The number of carboxylic acid groups (broad SMARTS) is 1. The Balaban J connectivity index is 2.53. The highest BCUT2D eigenvalue weighted by atomic mass is 16.4. The highest BCUT2D eigenvalue weighted by Gasteiger charge is 2.23. The van der Waals surface area contributed by atoms with Crippen LogP contribution in [0, 0.1) is 0 Å². The lowest BCUT2D eigenvalue weighted by Gasteiger charge is -2.17. The van der Waals surface area contributed by atoms with E-state index in [0.29, 0.717) is 33.4 Å². The lowest BCUT2D eigenvalue weighted by Crippen LogP contribution is -2.06. The summed E-state index contributed by atoms with van der Waals surface area (Å²) in [6.07, 6.45) is 4.61. The molecule has 1 aliphatic heterocycles. The van der Waals surface area contributed by atoms with Crippen LogP contribution in [0.2, 0.25) is 0 Å². The van der Waals surface area contributed by atoms with E-state index in [9.17, 15) is 19.8 Å². The van der Waals surface area contributed by atoms with Gasteiger partial charge in [-0.05, 0) is 36.8 Å². The Morgan fingerprint density at radius 3 is 2.62 bits per heavy atom. The van der Waals surface area contributed by atoms with Crippen LogP contribution in [0.1, 0.15) is 12.5 Å². The van der Waals surface area contributed by atoms with E-state index in [1.165, 1.54) is 36.4 Å². The van der Waals surface area contributed by atoms with Crippen LogP contribution in [0.25, 0.3) is 27.9 Å². The maximum atomic E-state index is 11.7. The van der Waals surface area contributed by atoms with Crippen molar-refractivity contribution in [3.63, 3.8) is 0 Å². The number of aliphatic carboxylic acids is 1. The van der Waals surface area contributed by atoms with E-state index in [4.69, 9.17) is 4.42 Å². The Kier molecular flexibility index (Phi) is 4.45. The molecule has 3 rings (SSSR count). The largest absolute Gasteiger partial charge is 0.508 e. The molecule has 130 valence electrons. The summed E-state index contributed by atoms with van der Waals surface area (Å²) < 4.78 is 5.77. The van der Waals surface area contributed by atoms with Crippen molar-refractivity contribution in [1.29, 1.82) is 0 Å². The number of rotatable bonds is 4. The summed E-state index contributed by atoms with van der Waals surface area (Å²) >= 11 is 0. The Hall–Kier alpha value is -3.60. The van der Waals surface area contributed by atoms with Crippen molar-refractivity contribution in [2.75, 3.05) is 0 Å². The van der Waals surface area contributed by atoms with E-state index < -0.39 is 5.97 Å². The van der Waals surface area contributed by atoms with Gasteiger partial charge < -0.3 is 14.6 Å². The van der Waals surface area contributed by atoms with Crippen LogP contribution in [0.5, 0.6) is 5.75 Å². The highest BCUT2D eigenvalue weighted by molar-refractivity contribution is 6.12. The fourth-order valence-corrected chi connectivity index (χ4v) is 2.97. The van der Waals surface area contributed by atoms with Gasteiger partial charge in [0, 0.05) is 28.6 Å². The van der Waals surface area contributed by atoms with E-state index in [-0.39, 0.29) is 16.8 Å². The van der Waals surface area contributed by atoms with Crippen molar-refractivity contribution in [3.8, 4) is 17.1 Å². The second kappa shape index (κ2) is 6.72. The summed E-state index contributed by atoms with van der Waals surface area (Å²) in [5, 5.41) is 20.0. The van der Waals surface area contributed by atoms with Gasteiger partial charge >= 0.3 is 5.97 Å². The molecule has 1 heterocycles. The van der Waals surface area contributed by atoms with Crippen LogP contribution in [0.3, 0.4) is 0 Å². The van der Waals surface area contributed by atoms with Crippen LogP contribution in [-0.2, 0) is 4.79 Å². The van der Waals surface area contributed by atoms with Gasteiger partial charge in [-0.3, -0.25) is 4.79 Å². The third kappa shape index (κ3) is 2.91. The van der Waals surface area contributed by atoms with E-state index in [1.54, 1.807) is 25.1 Å². The average Bonchev–Trinajstić information content (AvgIpc) is 2.59. The molecule has 1 aliphatic carbocycles. The van der Waals surface area contributed by atoms with Crippen molar-refractivity contribution in [1.82, 2.24) is 0 Å². The molecule has 0 spiro atoms. The molecule has 0 bridgehead atoms. The second-order valence-electron chi connectivity index (χ2n) is 5.64. The van der Waals surface area contributed by atoms with Gasteiger partial charge in [0.15, 0.2) is 5.43 Å². The van der Waals surface area contributed by atoms with Gasteiger partial charge in [0.1, 0.15) is 17.1 Å². The Morgan fingerprint density at radius 2 is 1.96 bits per heavy atom. The van der Waals surface area contributed by atoms with Gasteiger partial charge in [-0.2, -0.15) is 0 Å². The van der Waals surface area contributed by atoms with E-state index >= 15 is 0 Å². The molecule has 0 saturated heterocycles. The lowest BCUT2D eigenvalue weighted by atomic mass is 9.89. The van der Waals surface area contributed by atoms with Crippen molar-refractivity contribution in [2.24, 2.45) is 0 Å². The first kappa shape index (κ1) is 17.2. The van der Waals surface area contributed by atoms with Crippen LogP contribution in [0.15, 0.2) is 76.0 Å². The maximum Gasteiger partial charge on any atom is 0.335 e. The van der Waals surface area contributed by atoms with Crippen molar-refractivity contribution in [3.05, 3.63) is 82.6 Å². The molecule has 26 heavy (non-hydrogen) atoms. The summed E-state index contributed by atoms with van der Waals surface area (Å²) in [7, 11) is 0. The fraction of sp³-hybridized carbons (Fsp3) is 0.0476. The van der Waals surface area contributed by atoms with Crippen LogP contribution >= 0.6 is 0 Å². The molecule has 5 nitrogen and oxygen atoms in total. The smallest absolute Gasteiger partial charge is 0.335 e. The summed E-state index contributed by atoms with van der Waals surface area (Å²) in [6.45, 7) is 5.32. The number of carboxylic acids is 1. The molecule has 0 amide bonds. The average molecular weight is 348 g/mol. The minimum atomic E-state index is -1.08.